The third-order valence-corrected chi connectivity index (χ3v) is 3.03. The van der Waals surface area contributed by atoms with Crippen molar-refractivity contribution in [2.24, 2.45) is 0 Å². The van der Waals surface area contributed by atoms with E-state index in [1.165, 1.54) is 13.0 Å². The molecule has 88 valence electrons. The van der Waals surface area contributed by atoms with Crippen molar-refractivity contribution in [3.63, 3.8) is 0 Å². The molecule has 0 radical (unpaired) electrons. The molecule has 0 heterocycles. The molecular weight excluding hydrogens is 216 g/mol. The second-order valence-corrected chi connectivity index (χ2v) is 4.07. The molecule has 0 aliphatic carbocycles. The maximum absolute atomic E-state index is 10.7. The van der Waals surface area contributed by atoms with Gasteiger partial charge in [0.2, 0.25) is 6.29 Å². The van der Waals surface area contributed by atoms with Gasteiger partial charge in [-0.1, -0.05) is 6.58 Å². The summed E-state index contributed by atoms with van der Waals surface area (Å²) in [5.74, 6) is -0.430. The fourth-order valence-corrected chi connectivity index (χ4v) is 1.99. The van der Waals surface area contributed by atoms with Crippen molar-refractivity contribution in [1.82, 2.24) is 0 Å². The zero-order chi connectivity index (χ0) is 11.7. The quantitative estimate of drug-likeness (QED) is 0.270. The second-order valence-electron chi connectivity index (χ2n) is 2.55. The molecule has 0 bridgehead atoms. The van der Waals surface area contributed by atoms with Gasteiger partial charge in [-0.25, -0.2) is 0 Å². The molecule has 0 aromatic carbocycles. The van der Waals surface area contributed by atoms with E-state index in [0.717, 1.165) is 0 Å². The molecule has 0 saturated carbocycles. The molecule has 0 aliphatic heterocycles. The summed E-state index contributed by atoms with van der Waals surface area (Å²) in [7, 11) is -2.22. The lowest BCUT2D eigenvalue weighted by Crippen LogP contribution is -2.33. The zero-order valence-corrected chi connectivity index (χ0v) is 10.5. The first-order valence-electron chi connectivity index (χ1n) is 4.82. The first-order valence-corrected chi connectivity index (χ1v) is 6.23. The molecular formula is C9H18O5Si. The molecule has 5 nitrogen and oxygen atoms in total. The third kappa shape index (κ3) is 7.26. The van der Waals surface area contributed by atoms with Crippen molar-refractivity contribution in [3.05, 3.63) is 12.7 Å². The standard InChI is InChI=1S/C9H18O5Si/c1-5-9(13-8(4)10)14-15(11-6-2)12-7-3/h5,9,15H,1,6-7H2,2-4H3. The number of hydrogen-bond acceptors (Lipinski definition) is 5. The number of esters is 1. The lowest BCUT2D eigenvalue weighted by Gasteiger charge is -2.19. The summed E-state index contributed by atoms with van der Waals surface area (Å²) in [6.45, 7) is 9.49. The van der Waals surface area contributed by atoms with Crippen LogP contribution >= 0.6 is 0 Å². The minimum atomic E-state index is -2.22. The Kier molecular flexibility index (Phi) is 8.20. The summed E-state index contributed by atoms with van der Waals surface area (Å²) >= 11 is 0. The summed E-state index contributed by atoms with van der Waals surface area (Å²) in [5.41, 5.74) is 0. The fraction of sp³-hybridized carbons (Fsp3) is 0.667. The number of carbonyl (C=O) groups excluding carboxylic acids is 1. The largest absolute Gasteiger partial charge is 0.487 e. The summed E-state index contributed by atoms with van der Waals surface area (Å²) in [6.07, 6.45) is 0.594. The van der Waals surface area contributed by atoms with E-state index < -0.39 is 21.8 Å². The van der Waals surface area contributed by atoms with E-state index in [0.29, 0.717) is 13.2 Å². The van der Waals surface area contributed by atoms with E-state index in [2.05, 4.69) is 6.58 Å². The van der Waals surface area contributed by atoms with Gasteiger partial charge in [0, 0.05) is 20.1 Å². The van der Waals surface area contributed by atoms with Crippen molar-refractivity contribution in [3.8, 4) is 0 Å². The molecule has 6 heteroatoms. The molecule has 0 fully saturated rings. The average molecular weight is 234 g/mol. The van der Waals surface area contributed by atoms with Gasteiger partial charge in [0.25, 0.3) is 0 Å². The van der Waals surface area contributed by atoms with Crippen LogP contribution in [-0.4, -0.2) is 35.0 Å². The zero-order valence-electron chi connectivity index (χ0n) is 9.39. The Hall–Kier alpha value is -0.693. The Balaban J connectivity index is 4.08. The first-order chi connectivity index (χ1) is 7.13. The van der Waals surface area contributed by atoms with Crippen LogP contribution in [0.25, 0.3) is 0 Å². The maximum atomic E-state index is 10.7. The molecule has 0 aliphatic rings. The van der Waals surface area contributed by atoms with Crippen LogP contribution in [0.15, 0.2) is 12.7 Å². The van der Waals surface area contributed by atoms with Crippen LogP contribution in [0.3, 0.4) is 0 Å². The molecule has 1 unspecified atom stereocenters. The second kappa shape index (κ2) is 8.60. The maximum Gasteiger partial charge on any atom is 0.487 e. The first kappa shape index (κ1) is 14.3. The van der Waals surface area contributed by atoms with Crippen molar-refractivity contribution < 1.29 is 22.8 Å². The van der Waals surface area contributed by atoms with Gasteiger partial charge >= 0.3 is 15.5 Å². The van der Waals surface area contributed by atoms with E-state index in [1.807, 2.05) is 13.8 Å². The predicted octanol–water partition coefficient (Wildman–Crippen LogP) is 0.868. The minimum absolute atomic E-state index is 0.430. The average Bonchev–Trinajstić information content (AvgIpc) is 2.16. The molecule has 0 saturated heterocycles. The van der Waals surface area contributed by atoms with E-state index in [-0.39, 0.29) is 0 Å². The summed E-state index contributed by atoms with van der Waals surface area (Å²) in [6, 6.07) is 0. The molecule has 0 spiro atoms. The number of rotatable bonds is 8. The SMILES string of the molecule is C=CC(OC(C)=O)O[SiH](OCC)OCC. The monoisotopic (exact) mass is 234 g/mol. The highest BCUT2D eigenvalue weighted by molar-refractivity contribution is 6.36. The normalized spacial score (nSPS) is 12.5. The van der Waals surface area contributed by atoms with Gasteiger partial charge in [-0.2, -0.15) is 0 Å². The summed E-state index contributed by atoms with van der Waals surface area (Å²) < 4.78 is 20.6. The molecule has 0 rings (SSSR count). The fourth-order valence-electron chi connectivity index (χ4n) is 0.803. The molecule has 0 amide bonds. The highest BCUT2D eigenvalue weighted by atomic mass is 28.3. The van der Waals surface area contributed by atoms with Crippen LogP contribution < -0.4 is 0 Å². The minimum Gasteiger partial charge on any atom is -0.433 e. The Labute approximate surface area is 91.9 Å². The van der Waals surface area contributed by atoms with Crippen LogP contribution in [-0.2, 0) is 22.8 Å². The van der Waals surface area contributed by atoms with Crippen LogP contribution in [0.2, 0.25) is 0 Å². The van der Waals surface area contributed by atoms with Gasteiger partial charge < -0.3 is 18.0 Å². The van der Waals surface area contributed by atoms with Gasteiger partial charge in [0.15, 0.2) is 0 Å². The van der Waals surface area contributed by atoms with Crippen molar-refractivity contribution >= 4 is 15.5 Å². The third-order valence-electron chi connectivity index (χ3n) is 1.33. The predicted molar refractivity (Wildman–Crippen MR) is 57.2 cm³/mol. The van der Waals surface area contributed by atoms with Crippen molar-refractivity contribution in [2.75, 3.05) is 13.2 Å². The Morgan fingerprint density at radius 2 is 1.93 bits per heavy atom. The number of hydrogen-bond donors (Lipinski definition) is 0. The topological polar surface area (TPSA) is 54.0 Å². The van der Waals surface area contributed by atoms with E-state index in [1.54, 1.807) is 0 Å². The summed E-state index contributed by atoms with van der Waals surface area (Å²) in [5, 5.41) is 0. The molecule has 0 aromatic rings. The molecule has 1 atom stereocenters. The van der Waals surface area contributed by atoms with E-state index >= 15 is 0 Å². The number of ether oxygens (including phenoxy) is 1. The van der Waals surface area contributed by atoms with Crippen molar-refractivity contribution in [1.29, 1.82) is 0 Å². The van der Waals surface area contributed by atoms with Crippen LogP contribution in [0, 0.1) is 0 Å². The number of carbonyl (C=O) groups is 1. The Morgan fingerprint density at radius 1 is 1.40 bits per heavy atom. The van der Waals surface area contributed by atoms with Gasteiger partial charge in [-0.15, -0.1) is 0 Å². The highest BCUT2D eigenvalue weighted by Crippen LogP contribution is 2.02. The van der Waals surface area contributed by atoms with Gasteiger partial charge in [-0.05, 0) is 19.9 Å². The van der Waals surface area contributed by atoms with Crippen LogP contribution in [0.4, 0.5) is 0 Å². The van der Waals surface area contributed by atoms with Crippen LogP contribution in [0.5, 0.6) is 0 Å². The molecule has 0 N–H and O–H groups in total. The Morgan fingerprint density at radius 3 is 2.27 bits per heavy atom. The van der Waals surface area contributed by atoms with E-state index in [9.17, 15) is 4.79 Å². The lowest BCUT2D eigenvalue weighted by atomic mass is 10.6. The van der Waals surface area contributed by atoms with E-state index in [4.69, 9.17) is 18.0 Å². The molecule has 15 heavy (non-hydrogen) atoms. The van der Waals surface area contributed by atoms with Gasteiger partial charge in [0.05, 0.1) is 0 Å². The van der Waals surface area contributed by atoms with Gasteiger partial charge in [0.1, 0.15) is 0 Å². The summed E-state index contributed by atoms with van der Waals surface area (Å²) in [4.78, 5) is 10.7. The molecule has 0 aromatic heterocycles. The smallest absolute Gasteiger partial charge is 0.433 e. The van der Waals surface area contributed by atoms with Gasteiger partial charge in [-0.3, -0.25) is 4.79 Å². The van der Waals surface area contributed by atoms with Crippen LogP contribution in [0.1, 0.15) is 20.8 Å². The lowest BCUT2D eigenvalue weighted by molar-refractivity contribution is -0.158. The van der Waals surface area contributed by atoms with Crippen molar-refractivity contribution in [2.45, 2.75) is 27.1 Å². The highest BCUT2D eigenvalue weighted by Gasteiger charge is 2.20. The Bertz CT molecular complexity index is 191.